The van der Waals surface area contributed by atoms with Gasteiger partial charge >= 0.3 is 0 Å². The van der Waals surface area contributed by atoms with Crippen molar-refractivity contribution in [1.29, 1.82) is 0 Å². The molecule has 0 fully saturated rings. The third-order valence-corrected chi connectivity index (χ3v) is 3.03. The Hall–Kier alpha value is -3.03. The average Bonchev–Trinajstić information content (AvgIpc) is 3.03. The van der Waals surface area contributed by atoms with Gasteiger partial charge in [0.15, 0.2) is 11.6 Å². The summed E-state index contributed by atoms with van der Waals surface area (Å²) < 4.78 is 19.1. The molecule has 3 rings (SSSR count). The van der Waals surface area contributed by atoms with Crippen LogP contribution in [0.2, 0.25) is 0 Å². The number of nitrogens with one attached hydrogen (secondary N) is 1. The van der Waals surface area contributed by atoms with Crippen LogP contribution in [0.5, 0.6) is 0 Å². The lowest BCUT2D eigenvalue weighted by Gasteiger charge is -2.12. The molecule has 7 nitrogen and oxygen atoms in total. The normalized spacial score (nSPS) is 10.6. The maximum atomic E-state index is 13.5. The molecule has 3 aromatic rings. The molecule has 8 heteroatoms. The molecule has 0 radical (unpaired) electrons. The highest BCUT2D eigenvalue weighted by Crippen LogP contribution is 2.18. The molecule has 118 valence electrons. The van der Waals surface area contributed by atoms with Gasteiger partial charge in [0.05, 0.1) is 12.7 Å². The third kappa shape index (κ3) is 3.42. The second kappa shape index (κ2) is 6.39. The van der Waals surface area contributed by atoms with E-state index in [1.807, 2.05) is 30.3 Å². The standard InChI is InChI=1S/C15H15FN6O/c1-22(2)13-11(16)8-17-15(19-13)18-9-12-20-21-14(23-12)10-6-4-3-5-7-10/h3-8H,9H2,1-2H3,(H,17,18,19). The molecule has 0 saturated carbocycles. The molecule has 23 heavy (non-hydrogen) atoms. The van der Waals surface area contributed by atoms with Gasteiger partial charge in [-0.2, -0.15) is 4.98 Å². The molecule has 1 aromatic carbocycles. The number of rotatable bonds is 5. The van der Waals surface area contributed by atoms with Gasteiger partial charge in [0.1, 0.15) is 0 Å². The predicted molar refractivity (Wildman–Crippen MR) is 83.4 cm³/mol. The van der Waals surface area contributed by atoms with E-state index in [0.717, 1.165) is 11.8 Å². The van der Waals surface area contributed by atoms with Gasteiger partial charge in [-0.05, 0) is 12.1 Å². The van der Waals surface area contributed by atoms with Crippen LogP contribution in [0.15, 0.2) is 40.9 Å². The monoisotopic (exact) mass is 314 g/mol. The third-order valence-electron chi connectivity index (χ3n) is 3.03. The molecule has 0 aliphatic carbocycles. The summed E-state index contributed by atoms with van der Waals surface area (Å²) in [4.78, 5) is 9.55. The summed E-state index contributed by atoms with van der Waals surface area (Å²) in [7, 11) is 3.42. The SMILES string of the molecule is CN(C)c1nc(NCc2nnc(-c3ccccc3)o2)ncc1F. The zero-order valence-electron chi connectivity index (χ0n) is 12.7. The second-order valence-corrected chi connectivity index (χ2v) is 4.98. The van der Waals surface area contributed by atoms with E-state index in [2.05, 4.69) is 25.5 Å². The Kier molecular flexibility index (Phi) is 4.13. The molecule has 0 saturated heterocycles. The van der Waals surface area contributed by atoms with E-state index in [1.54, 1.807) is 19.0 Å². The van der Waals surface area contributed by atoms with Crippen molar-refractivity contribution in [2.45, 2.75) is 6.54 Å². The van der Waals surface area contributed by atoms with E-state index in [9.17, 15) is 4.39 Å². The second-order valence-electron chi connectivity index (χ2n) is 4.98. The molecular formula is C15H15FN6O. The number of hydrogen-bond acceptors (Lipinski definition) is 7. The first-order valence-corrected chi connectivity index (χ1v) is 6.95. The van der Waals surface area contributed by atoms with Crippen LogP contribution < -0.4 is 10.2 Å². The molecule has 0 bridgehead atoms. The first kappa shape index (κ1) is 14.9. The van der Waals surface area contributed by atoms with Crippen molar-refractivity contribution < 1.29 is 8.81 Å². The number of aromatic nitrogens is 4. The summed E-state index contributed by atoms with van der Waals surface area (Å²) in [5.74, 6) is 0.844. The van der Waals surface area contributed by atoms with E-state index in [1.165, 1.54) is 0 Å². The number of benzene rings is 1. The summed E-state index contributed by atoms with van der Waals surface area (Å²) in [6.07, 6.45) is 1.12. The van der Waals surface area contributed by atoms with Gasteiger partial charge in [0.25, 0.3) is 0 Å². The first-order chi connectivity index (χ1) is 11.1. The zero-order valence-corrected chi connectivity index (χ0v) is 12.7. The van der Waals surface area contributed by atoms with E-state index >= 15 is 0 Å². The number of hydrogen-bond donors (Lipinski definition) is 1. The van der Waals surface area contributed by atoms with E-state index in [4.69, 9.17) is 4.42 Å². The smallest absolute Gasteiger partial charge is 0.247 e. The van der Waals surface area contributed by atoms with Crippen LogP contribution in [0.4, 0.5) is 16.2 Å². The fourth-order valence-electron chi connectivity index (χ4n) is 1.93. The minimum Gasteiger partial charge on any atom is -0.419 e. The lowest BCUT2D eigenvalue weighted by Crippen LogP contribution is -2.15. The van der Waals surface area contributed by atoms with Crippen LogP contribution >= 0.6 is 0 Å². The van der Waals surface area contributed by atoms with E-state index < -0.39 is 5.82 Å². The van der Waals surface area contributed by atoms with Crippen molar-refractivity contribution in [2.24, 2.45) is 0 Å². The van der Waals surface area contributed by atoms with Crippen LogP contribution in [0.3, 0.4) is 0 Å². The summed E-state index contributed by atoms with van der Waals surface area (Å²) >= 11 is 0. The summed E-state index contributed by atoms with van der Waals surface area (Å²) in [6.45, 7) is 0.248. The Labute approximate surface area is 132 Å². The van der Waals surface area contributed by atoms with E-state index in [0.29, 0.717) is 11.8 Å². The minimum absolute atomic E-state index is 0.206. The molecule has 1 N–H and O–H groups in total. The molecule has 2 aromatic heterocycles. The molecule has 0 aliphatic heterocycles. The summed E-state index contributed by atoms with van der Waals surface area (Å²) in [6, 6.07) is 9.48. The maximum absolute atomic E-state index is 13.5. The topological polar surface area (TPSA) is 80.0 Å². The van der Waals surface area contributed by atoms with Crippen molar-refractivity contribution in [3.8, 4) is 11.5 Å². The van der Waals surface area contributed by atoms with Crippen molar-refractivity contribution in [3.05, 3.63) is 48.2 Å². The molecule has 0 unspecified atom stereocenters. The number of halogens is 1. The Balaban J connectivity index is 1.70. The van der Waals surface area contributed by atoms with Gasteiger partial charge in [-0.15, -0.1) is 10.2 Å². The Bertz CT molecular complexity index is 790. The highest BCUT2D eigenvalue weighted by atomic mass is 19.1. The molecule has 0 aliphatic rings. The van der Waals surface area contributed by atoms with Gasteiger partial charge in [0.2, 0.25) is 17.7 Å². The largest absolute Gasteiger partial charge is 0.419 e. The fourth-order valence-corrected chi connectivity index (χ4v) is 1.93. The van der Waals surface area contributed by atoms with E-state index in [-0.39, 0.29) is 18.3 Å². The van der Waals surface area contributed by atoms with Gasteiger partial charge in [-0.25, -0.2) is 9.37 Å². The lowest BCUT2D eigenvalue weighted by atomic mass is 10.2. The van der Waals surface area contributed by atoms with Gasteiger partial charge in [0, 0.05) is 19.7 Å². The van der Waals surface area contributed by atoms with Crippen LogP contribution in [-0.2, 0) is 6.54 Å². The zero-order chi connectivity index (χ0) is 16.2. The molecule has 0 spiro atoms. The maximum Gasteiger partial charge on any atom is 0.247 e. The fraction of sp³-hybridized carbons (Fsp3) is 0.200. The van der Waals surface area contributed by atoms with Crippen LogP contribution in [0, 0.1) is 5.82 Å². The van der Waals surface area contributed by atoms with Gasteiger partial charge < -0.3 is 14.6 Å². The highest BCUT2D eigenvalue weighted by molar-refractivity contribution is 5.51. The lowest BCUT2D eigenvalue weighted by molar-refractivity contribution is 0.514. The quantitative estimate of drug-likeness (QED) is 0.774. The molecule has 2 heterocycles. The Morgan fingerprint density at radius 1 is 1.17 bits per heavy atom. The highest BCUT2D eigenvalue weighted by Gasteiger charge is 2.11. The molecule has 0 atom stereocenters. The van der Waals surface area contributed by atoms with Crippen molar-refractivity contribution in [3.63, 3.8) is 0 Å². The minimum atomic E-state index is -0.482. The van der Waals surface area contributed by atoms with Crippen molar-refractivity contribution in [1.82, 2.24) is 20.2 Å². The average molecular weight is 314 g/mol. The van der Waals surface area contributed by atoms with Gasteiger partial charge in [-0.3, -0.25) is 0 Å². The first-order valence-electron chi connectivity index (χ1n) is 6.95. The van der Waals surface area contributed by atoms with Gasteiger partial charge in [-0.1, -0.05) is 18.2 Å². The van der Waals surface area contributed by atoms with Crippen molar-refractivity contribution >= 4 is 11.8 Å². The van der Waals surface area contributed by atoms with Crippen LogP contribution in [0.1, 0.15) is 5.89 Å². The van der Waals surface area contributed by atoms with Crippen LogP contribution in [-0.4, -0.2) is 34.3 Å². The van der Waals surface area contributed by atoms with Crippen LogP contribution in [0.25, 0.3) is 11.5 Å². The summed E-state index contributed by atoms with van der Waals surface area (Å²) in [5, 5.41) is 10.9. The molecular weight excluding hydrogens is 299 g/mol. The summed E-state index contributed by atoms with van der Waals surface area (Å²) in [5.41, 5.74) is 0.846. The Morgan fingerprint density at radius 2 is 1.96 bits per heavy atom. The number of anilines is 2. The predicted octanol–water partition coefficient (Wildman–Crippen LogP) is 2.34. The Morgan fingerprint density at radius 3 is 2.70 bits per heavy atom. The number of nitrogens with zero attached hydrogens (tertiary/aromatic N) is 5. The molecule has 0 amide bonds. The van der Waals surface area contributed by atoms with Crippen molar-refractivity contribution in [2.75, 3.05) is 24.3 Å².